The van der Waals surface area contributed by atoms with Crippen molar-refractivity contribution in [2.45, 2.75) is 52.1 Å². The second-order valence-electron chi connectivity index (χ2n) is 7.88. The summed E-state index contributed by atoms with van der Waals surface area (Å²) in [6, 6.07) is 6.05. The van der Waals surface area contributed by atoms with E-state index in [1.807, 2.05) is 12.1 Å². The van der Waals surface area contributed by atoms with Crippen molar-refractivity contribution >= 4 is 17.6 Å². The van der Waals surface area contributed by atoms with E-state index in [0.717, 1.165) is 42.7 Å². The molecule has 3 aliphatic rings. The number of methoxy groups -OCH3 is 1. The topological polar surface area (TPSA) is 64.6 Å². The minimum Gasteiger partial charge on any atom is -0.497 e. The van der Waals surface area contributed by atoms with Gasteiger partial charge in [-0.15, -0.1) is 0 Å². The Morgan fingerprint density at radius 1 is 1.27 bits per heavy atom. The van der Waals surface area contributed by atoms with Crippen LogP contribution in [-0.2, 0) is 20.7 Å². The minimum absolute atomic E-state index is 0.00483. The highest BCUT2D eigenvalue weighted by Crippen LogP contribution is 2.55. The molecule has 1 fully saturated rings. The van der Waals surface area contributed by atoms with Crippen molar-refractivity contribution in [3.8, 4) is 5.75 Å². The Balaban J connectivity index is 1.78. The Bertz CT molecular complexity index is 812. The van der Waals surface area contributed by atoms with E-state index in [-0.39, 0.29) is 29.3 Å². The number of rotatable bonds is 2. The molecule has 1 aliphatic heterocycles. The number of fused-ring (bicyclic) bond motifs is 4. The van der Waals surface area contributed by atoms with E-state index in [1.54, 1.807) is 7.11 Å². The monoisotopic (exact) mass is 355 g/mol. The standard InChI is InChI=1S/C21H25NO4/c1-12(23)26-18-9-8-17-16-6-4-13-10-14(25-3)5-7-15(13)20(16)22-19(24)11-21(17,18)2/h5,7,10,17-18H,4,6,8-9,11H2,1-3H3,(H,22,24)/t17-,18-,21-/m0/s1. The van der Waals surface area contributed by atoms with Gasteiger partial charge in [-0.3, -0.25) is 9.59 Å². The lowest BCUT2D eigenvalue weighted by molar-refractivity contribution is -0.153. The van der Waals surface area contributed by atoms with Gasteiger partial charge < -0.3 is 14.8 Å². The number of allylic oxidation sites excluding steroid dienone is 1. The van der Waals surface area contributed by atoms with Gasteiger partial charge in [0.15, 0.2) is 0 Å². The molecule has 0 bridgehead atoms. The third kappa shape index (κ3) is 2.61. The van der Waals surface area contributed by atoms with Crippen molar-refractivity contribution < 1.29 is 19.1 Å². The molecule has 5 heteroatoms. The lowest BCUT2D eigenvalue weighted by Crippen LogP contribution is -2.38. The van der Waals surface area contributed by atoms with Gasteiger partial charge in [-0.05, 0) is 60.9 Å². The van der Waals surface area contributed by atoms with Crippen molar-refractivity contribution in [3.63, 3.8) is 0 Å². The third-order valence-corrected chi connectivity index (χ3v) is 6.35. The quantitative estimate of drug-likeness (QED) is 0.828. The summed E-state index contributed by atoms with van der Waals surface area (Å²) in [6.45, 7) is 3.56. The van der Waals surface area contributed by atoms with Gasteiger partial charge in [-0.25, -0.2) is 0 Å². The van der Waals surface area contributed by atoms with Gasteiger partial charge in [0, 0.05) is 30.0 Å². The number of carbonyl (C=O) groups is 2. The molecule has 0 spiro atoms. The van der Waals surface area contributed by atoms with Crippen molar-refractivity contribution in [2.24, 2.45) is 11.3 Å². The molecule has 26 heavy (non-hydrogen) atoms. The smallest absolute Gasteiger partial charge is 0.302 e. The van der Waals surface area contributed by atoms with E-state index >= 15 is 0 Å². The normalized spacial score (nSPS) is 29.9. The molecule has 1 amide bonds. The van der Waals surface area contributed by atoms with Crippen LogP contribution in [0.15, 0.2) is 23.8 Å². The van der Waals surface area contributed by atoms with Crippen molar-refractivity contribution in [1.29, 1.82) is 0 Å². The van der Waals surface area contributed by atoms with Gasteiger partial charge in [-0.1, -0.05) is 6.92 Å². The van der Waals surface area contributed by atoms with Crippen LogP contribution >= 0.6 is 0 Å². The SMILES string of the molecule is COc1ccc2c(c1)CCC1=C2NC(=O)C[C@]2(C)[C@@H](OC(C)=O)CC[C@@H]12. The summed E-state index contributed by atoms with van der Waals surface area (Å²) in [6.07, 6.45) is 3.82. The van der Waals surface area contributed by atoms with Gasteiger partial charge in [0.1, 0.15) is 11.9 Å². The molecule has 3 atom stereocenters. The molecule has 1 aromatic carbocycles. The average Bonchev–Trinajstić information content (AvgIpc) is 2.83. The number of hydrogen-bond acceptors (Lipinski definition) is 4. The van der Waals surface area contributed by atoms with Crippen LogP contribution in [0.4, 0.5) is 0 Å². The number of benzene rings is 1. The maximum atomic E-state index is 12.7. The van der Waals surface area contributed by atoms with Gasteiger partial charge in [0.05, 0.1) is 7.11 Å². The zero-order valence-electron chi connectivity index (χ0n) is 15.6. The second kappa shape index (κ2) is 6.15. The van der Waals surface area contributed by atoms with E-state index in [1.165, 1.54) is 18.1 Å². The fourth-order valence-electron chi connectivity index (χ4n) is 5.15. The molecule has 1 heterocycles. The summed E-state index contributed by atoms with van der Waals surface area (Å²) < 4.78 is 11.0. The highest BCUT2D eigenvalue weighted by Gasteiger charge is 2.53. The lowest BCUT2D eigenvalue weighted by Gasteiger charge is -2.36. The molecule has 0 unspecified atom stereocenters. The number of hydrogen-bond donors (Lipinski definition) is 1. The summed E-state index contributed by atoms with van der Waals surface area (Å²) in [5.41, 5.74) is 4.25. The molecule has 5 nitrogen and oxygen atoms in total. The molecule has 1 N–H and O–H groups in total. The number of carbonyl (C=O) groups excluding carboxylic acids is 2. The van der Waals surface area contributed by atoms with Gasteiger partial charge in [-0.2, -0.15) is 0 Å². The summed E-state index contributed by atoms with van der Waals surface area (Å²) >= 11 is 0. The number of aryl methyl sites for hydroxylation is 1. The first-order valence-corrected chi connectivity index (χ1v) is 9.30. The zero-order valence-corrected chi connectivity index (χ0v) is 15.6. The Morgan fingerprint density at radius 3 is 2.81 bits per heavy atom. The average molecular weight is 355 g/mol. The van der Waals surface area contributed by atoms with Gasteiger partial charge >= 0.3 is 5.97 Å². The molecule has 4 rings (SSSR count). The highest BCUT2D eigenvalue weighted by molar-refractivity contribution is 5.91. The van der Waals surface area contributed by atoms with Gasteiger partial charge in [0.2, 0.25) is 5.91 Å². The van der Waals surface area contributed by atoms with E-state index in [4.69, 9.17) is 9.47 Å². The number of esters is 1. The maximum Gasteiger partial charge on any atom is 0.302 e. The van der Waals surface area contributed by atoms with Crippen LogP contribution in [0.1, 0.15) is 50.7 Å². The van der Waals surface area contributed by atoms with E-state index in [9.17, 15) is 9.59 Å². The van der Waals surface area contributed by atoms with Crippen LogP contribution in [0, 0.1) is 11.3 Å². The molecule has 0 radical (unpaired) electrons. The minimum atomic E-state index is -0.336. The molecule has 138 valence electrons. The van der Waals surface area contributed by atoms with Gasteiger partial charge in [0.25, 0.3) is 0 Å². The second-order valence-corrected chi connectivity index (χ2v) is 7.88. The van der Waals surface area contributed by atoms with Crippen LogP contribution in [0.25, 0.3) is 5.70 Å². The fraction of sp³-hybridized carbons (Fsp3) is 0.524. The van der Waals surface area contributed by atoms with Crippen molar-refractivity contribution in [3.05, 3.63) is 34.9 Å². The molecular formula is C21H25NO4. The van der Waals surface area contributed by atoms with Crippen molar-refractivity contribution in [2.75, 3.05) is 7.11 Å². The molecule has 0 saturated heterocycles. The summed E-state index contributed by atoms with van der Waals surface area (Å²) in [5.74, 6) is 0.839. The molecule has 1 aromatic rings. The molecule has 1 saturated carbocycles. The first-order chi connectivity index (χ1) is 12.4. The number of amides is 1. The number of nitrogens with one attached hydrogen (secondary N) is 1. The highest BCUT2D eigenvalue weighted by atomic mass is 16.5. The predicted molar refractivity (Wildman–Crippen MR) is 97.4 cm³/mol. The summed E-state index contributed by atoms with van der Waals surface area (Å²) in [4.78, 5) is 24.3. The Kier molecular flexibility index (Phi) is 4.05. The number of ether oxygens (including phenoxy) is 2. The molecular weight excluding hydrogens is 330 g/mol. The van der Waals surface area contributed by atoms with Crippen LogP contribution in [0.2, 0.25) is 0 Å². The van der Waals surface area contributed by atoms with Crippen LogP contribution in [0.3, 0.4) is 0 Å². The molecule has 2 aliphatic carbocycles. The third-order valence-electron chi connectivity index (χ3n) is 6.35. The van der Waals surface area contributed by atoms with Crippen molar-refractivity contribution in [1.82, 2.24) is 5.32 Å². The van der Waals surface area contributed by atoms with E-state index in [2.05, 4.69) is 18.3 Å². The maximum absolute atomic E-state index is 12.7. The summed E-state index contributed by atoms with van der Waals surface area (Å²) in [5, 5.41) is 3.16. The van der Waals surface area contributed by atoms with Crippen LogP contribution in [0.5, 0.6) is 5.75 Å². The first-order valence-electron chi connectivity index (χ1n) is 9.30. The zero-order chi connectivity index (χ0) is 18.5. The first kappa shape index (κ1) is 17.1. The fourth-order valence-corrected chi connectivity index (χ4v) is 5.15. The largest absolute Gasteiger partial charge is 0.497 e. The van der Waals surface area contributed by atoms with E-state index in [0.29, 0.717) is 6.42 Å². The predicted octanol–water partition coefficient (Wildman–Crippen LogP) is 3.22. The Hall–Kier alpha value is -2.30. The van der Waals surface area contributed by atoms with Crippen LogP contribution < -0.4 is 10.1 Å². The summed E-state index contributed by atoms with van der Waals surface area (Å²) in [7, 11) is 1.67. The van der Waals surface area contributed by atoms with E-state index < -0.39 is 0 Å². The lowest BCUT2D eigenvalue weighted by atomic mass is 9.70. The Labute approximate surface area is 153 Å². The molecule has 0 aromatic heterocycles. The Morgan fingerprint density at radius 2 is 2.08 bits per heavy atom. The van der Waals surface area contributed by atoms with Crippen LogP contribution in [-0.4, -0.2) is 25.1 Å².